The van der Waals surface area contributed by atoms with Gasteiger partial charge in [0.15, 0.2) is 0 Å². The Balaban J connectivity index is 1.86. The fourth-order valence-corrected chi connectivity index (χ4v) is 2.96. The lowest BCUT2D eigenvalue weighted by Gasteiger charge is -2.27. The zero-order valence-electron chi connectivity index (χ0n) is 10.6. The van der Waals surface area contributed by atoms with E-state index in [0.717, 1.165) is 41.7 Å². The standard InChI is InChI=1S/C15H20ClNO/c16-12-5-6-14(18-10-11-3-4-11)13(9-12)15(17)7-1-2-8-15/h5-6,9,11H,1-4,7-8,10,17H2. The number of rotatable bonds is 4. The predicted molar refractivity (Wildman–Crippen MR) is 74.0 cm³/mol. The molecule has 1 aromatic carbocycles. The van der Waals surface area contributed by atoms with Crippen LogP contribution in [-0.2, 0) is 5.54 Å². The number of hydrogen-bond donors (Lipinski definition) is 1. The summed E-state index contributed by atoms with van der Waals surface area (Å²) in [6.45, 7) is 0.824. The zero-order valence-corrected chi connectivity index (χ0v) is 11.4. The fraction of sp³-hybridized carbons (Fsp3) is 0.600. The van der Waals surface area contributed by atoms with Crippen molar-refractivity contribution in [3.8, 4) is 5.75 Å². The van der Waals surface area contributed by atoms with E-state index in [9.17, 15) is 0 Å². The van der Waals surface area contributed by atoms with Crippen LogP contribution in [0, 0.1) is 5.92 Å². The van der Waals surface area contributed by atoms with Gasteiger partial charge in [-0.1, -0.05) is 24.4 Å². The molecule has 0 aromatic heterocycles. The topological polar surface area (TPSA) is 35.2 Å². The molecule has 2 fully saturated rings. The molecule has 0 radical (unpaired) electrons. The van der Waals surface area contributed by atoms with Gasteiger partial charge in [-0.25, -0.2) is 0 Å². The smallest absolute Gasteiger partial charge is 0.124 e. The average Bonchev–Trinajstić information content (AvgIpc) is 3.09. The van der Waals surface area contributed by atoms with Crippen LogP contribution >= 0.6 is 11.6 Å². The monoisotopic (exact) mass is 265 g/mol. The lowest BCUT2D eigenvalue weighted by atomic mass is 9.88. The molecule has 0 saturated heterocycles. The van der Waals surface area contributed by atoms with E-state index in [0.29, 0.717) is 0 Å². The molecule has 3 rings (SSSR count). The Bertz CT molecular complexity index is 436. The third-order valence-corrected chi connectivity index (χ3v) is 4.38. The van der Waals surface area contributed by atoms with E-state index in [4.69, 9.17) is 22.1 Å². The molecule has 2 nitrogen and oxygen atoms in total. The third-order valence-electron chi connectivity index (χ3n) is 4.15. The van der Waals surface area contributed by atoms with Crippen LogP contribution in [0.15, 0.2) is 18.2 Å². The van der Waals surface area contributed by atoms with Gasteiger partial charge in [0.1, 0.15) is 5.75 Å². The van der Waals surface area contributed by atoms with Crippen LogP contribution < -0.4 is 10.5 Å². The highest BCUT2D eigenvalue weighted by Crippen LogP contribution is 2.42. The summed E-state index contributed by atoms with van der Waals surface area (Å²) in [6.07, 6.45) is 7.07. The second kappa shape index (κ2) is 4.75. The fourth-order valence-electron chi connectivity index (χ4n) is 2.78. The van der Waals surface area contributed by atoms with Crippen LogP contribution in [0.1, 0.15) is 44.1 Å². The van der Waals surface area contributed by atoms with Gasteiger partial charge < -0.3 is 10.5 Å². The van der Waals surface area contributed by atoms with Crippen molar-refractivity contribution in [2.45, 2.75) is 44.1 Å². The Hall–Kier alpha value is -0.730. The maximum Gasteiger partial charge on any atom is 0.124 e. The summed E-state index contributed by atoms with van der Waals surface area (Å²) < 4.78 is 5.96. The summed E-state index contributed by atoms with van der Waals surface area (Å²) in [5.41, 5.74) is 7.41. The summed E-state index contributed by atoms with van der Waals surface area (Å²) in [4.78, 5) is 0. The highest BCUT2D eigenvalue weighted by atomic mass is 35.5. The van der Waals surface area contributed by atoms with E-state index < -0.39 is 0 Å². The number of hydrogen-bond acceptors (Lipinski definition) is 2. The molecular weight excluding hydrogens is 246 g/mol. The first-order valence-electron chi connectivity index (χ1n) is 6.89. The Morgan fingerprint density at radius 1 is 1.28 bits per heavy atom. The minimum absolute atomic E-state index is 0.232. The first-order valence-corrected chi connectivity index (χ1v) is 7.27. The maximum absolute atomic E-state index is 6.53. The molecule has 0 heterocycles. The van der Waals surface area contributed by atoms with Crippen molar-refractivity contribution < 1.29 is 4.74 Å². The molecule has 98 valence electrons. The predicted octanol–water partition coefficient (Wildman–Crippen LogP) is 3.86. The Kier molecular flexibility index (Phi) is 3.25. The van der Waals surface area contributed by atoms with Gasteiger partial charge in [-0.2, -0.15) is 0 Å². The Labute approximate surface area is 113 Å². The maximum atomic E-state index is 6.53. The van der Waals surface area contributed by atoms with Crippen LogP contribution in [0.2, 0.25) is 5.02 Å². The van der Waals surface area contributed by atoms with Gasteiger partial charge >= 0.3 is 0 Å². The quantitative estimate of drug-likeness (QED) is 0.897. The lowest BCUT2D eigenvalue weighted by Crippen LogP contribution is -2.33. The van der Waals surface area contributed by atoms with Crippen LogP contribution in [0.5, 0.6) is 5.75 Å². The first-order chi connectivity index (χ1) is 8.67. The summed E-state index contributed by atoms with van der Waals surface area (Å²) in [7, 11) is 0. The number of benzene rings is 1. The van der Waals surface area contributed by atoms with E-state index in [1.165, 1.54) is 25.7 Å². The van der Waals surface area contributed by atoms with E-state index >= 15 is 0 Å². The second-order valence-electron chi connectivity index (χ2n) is 5.76. The molecular formula is C15H20ClNO. The minimum Gasteiger partial charge on any atom is -0.493 e. The van der Waals surface area contributed by atoms with E-state index in [-0.39, 0.29) is 5.54 Å². The molecule has 0 bridgehead atoms. The van der Waals surface area contributed by atoms with E-state index in [1.807, 2.05) is 18.2 Å². The molecule has 2 N–H and O–H groups in total. The molecule has 2 saturated carbocycles. The van der Waals surface area contributed by atoms with Crippen molar-refractivity contribution in [2.75, 3.05) is 6.61 Å². The van der Waals surface area contributed by atoms with Crippen LogP contribution in [0.25, 0.3) is 0 Å². The molecule has 0 spiro atoms. The van der Waals surface area contributed by atoms with Crippen molar-refractivity contribution in [1.82, 2.24) is 0 Å². The average molecular weight is 266 g/mol. The Morgan fingerprint density at radius 3 is 2.67 bits per heavy atom. The van der Waals surface area contributed by atoms with Gasteiger partial charge in [0, 0.05) is 16.1 Å². The van der Waals surface area contributed by atoms with Crippen molar-refractivity contribution in [1.29, 1.82) is 0 Å². The minimum atomic E-state index is -0.232. The third kappa shape index (κ3) is 2.50. The van der Waals surface area contributed by atoms with Gasteiger partial charge in [0.05, 0.1) is 6.61 Å². The van der Waals surface area contributed by atoms with Crippen molar-refractivity contribution in [3.63, 3.8) is 0 Å². The summed E-state index contributed by atoms with van der Waals surface area (Å²) in [6, 6.07) is 5.87. The zero-order chi connectivity index (χ0) is 12.6. The van der Waals surface area contributed by atoms with Gasteiger partial charge in [0.25, 0.3) is 0 Å². The van der Waals surface area contributed by atoms with Crippen LogP contribution in [-0.4, -0.2) is 6.61 Å². The Morgan fingerprint density at radius 2 is 2.00 bits per heavy atom. The van der Waals surface area contributed by atoms with Crippen LogP contribution in [0.4, 0.5) is 0 Å². The first kappa shape index (κ1) is 12.3. The van der Waals surface area contributed by atoms with Gasteiger partial charge in [0.2, 0.25) is 0 Å². The highest BCUT2D eigenvalue weighted by Gasteiger charge is 2.34. The second-order valence-corrected chi connectivity index (χ2v) is 6.19. The van der Waals surface area contributed by atoms with Crippen molar-refractivity contribution >= 4 is 11.6 Å². The molecule has 0 unspecified atom stereocenters. The van der Waals surface area contributed by atoms with Crippen molar-refractivity contribution in [3.05, 3.63) is 28.8 Å². The highest BCUT2D eigenvalue weighted by molar-refractivity contribution is 6.30. The molecule has 2 aliphatic carbocycles. The summed E-state index contributed by atoms with van der Waals surface area (Å²) in [5, 5.41) is 0.750. The molecule has 18 heavy (non-hydrogen) atoms. The van der Waals surface area contributed by atoms with E-state index in [1.54, 1.807) is 0 Å². The van der Waals surface area contributed by atoms with Gasteiger partial charge in [-0.05, 0) is 49.8 Å². The molecule has 0 aliphatic heterocycles. The van der Waals surface area contributed by atoms with Crippen LogP contribution in [0.3, 0.4) is 0 Å². The SMILES string of the molecule is NC1(c2cc(Cl)ccc2OCC2CC2)CCCC1. The molecule has 0 atom stereocenters. The molecule has 0 amide bonds. The molecule has 3 heteroatoms. The number of nitrogens with two attached hydrogens (primary N) is 1. The van der Waals surface area contributed by atoms with E-state index in [2.05, 4.69) is 0 Å². The lowest BCUT2D eigenvalue weighted by molar-refractivity contribution is 0.287. The largest absolute Gasteiger partial charge is 0.493 e. The number of ether oxygens (including phenoxy) is 1. The molecule has 2 aliphatic rings. The van der Waals surface area contributed by atoms with Gasteiger partial charge in [-0.3, -0.25) is 0 Å². The normalized spacial score (nSPS) is 22.1. The summed E-state index contributed by atoms with van der Waals surface area (Å²) in [5.74, 6) is 1.70. The summed E-state index contributed by atoms with van der Waals surface area (Å²) >= 11 is 6.12. The molecule has 1 aromatic rings. The van der Waals surface area contributed by atoms with Crippen molar-refractivity contribution in [2.24, 2.45) is 11.7 Å². The van der Waals surface area contributed by atoms with Gasteiger partial charge in [-0.15, -0.1) is 0 Å². The number of halogens is 1.